The van der Waals surface area contributed by atoms with E-state index < -0.39 is 0 Å². The van der Waals surface area contributed by atoms with Crippen molar-refractivity contribution in [1.82, 2.24) is 0 Å². The number of allylic oxidation sites excluding steroid dienone is 2. The van der Waals surface area contributed by atoms with Crippen molar-refractivity contribution < 1.29 is 8.83 Å². The van der Waals surface area contributed by atoms with Crippen LogP contribution in [0.2, 0.25) is 0 Å². The first-order chi connectivity index (χ1) is 30.7. The van der Waals surface area contributed by atoms with E-state index in [1.807, 2.05) is 22.7 Å². The molecule has 0 amide bonds. The van der Waals surface area contributed by atoms with Crippen LogP contribution in [0.4, 0.5) is 0 Å². The van der Waals surface area contributed by atoms with Gasteiger partial charge < -0.3 is 8.83 Å². The lowest BCUT2D eigenvalue weighted by Crippen LogP contribution is -1.84. The van der Waals surface area contributed by atoms with E-state index in [-0.39, 0.29) is 0 Å². The van der Waals surface area contributed by atoms with Gasteiger partial charge in [0.05, 0.1) is 9.75 Å². The average molecular weight is 879 g/mol. The Labute approximate surface area is 387 Å². The molecule has 2 nitrogen and oxygen atoms in total. The Bertz CT molecular complexity index is 1830. The van der Waals surface area contributed by atoms with Gasteiger partial charge in [0.1, 0.15) is 11.2 Å². The molecule has 0 atom stereocenters. The summed E-state index contributed by atoms with van der Waals surface area (Å²) in [6.45, 7) is 9.20. The van der Waals surface area contributed by atoms with Crippen LogP contribution in [0.25, 0.3) is 55.4 Å². The lowest BCUT2D eigenvalue weighted by atomic mass is 10.0. The summed E-state index contributed by atoms with van der Waals surface area (Å²) in [6, 6.07) is 9.41. The molecule has 0 aliphatic carbocycles. The summed E-state index contributed by atoms with van der Waals surface area (Å²) in [6.07, 6.45) is 51.6. The van der Waals surface area contributed by atoms with Crippen LogP contribution in [-0.4, -0.2) is 0 Å². The van der Waals surface area contributed by atoms with Gasteiger partial charge in [-0.1, -0.05) is 206 Å². The maximum Gasteiger partial charge on any atom is 0.152 e. The van der Waals surface area contributed by atoms with Gasteiger partial charge in [-0.05, 0) is 97.5 Å². The molecule has 5 aromatic rings. The fraction of sp³-hybridized carbons (Fsp3) is 0.621. The van der Waals surface area contributed by atoms with Crippen molar-refractivity contribution in [3.8, 4) is 21.3 Å². The number of furan rings is 2. The predicted octanol–water partition coefficient (Wildman–Crippen LogP) is 21.5. The zero-order valence-corrected chi connectivity index (χ0v) is 41.7. The molecular formula is C58H86O2S2. The second kappa shape index (κ2) is 30.3. The number of hydrogen-bond acceptors (Lipinski definition) is 4. The number of fused-ring (bicyclic) bond motifs is 2. The van der Waals surface area contributed by atoms with Gasteiger partial charge in [0.15, 0.2) is 11.5 Å². The van der Waals surface area contributed by atoms with Crippen molar-refractivity contribution in [2.45, 2.75) is 233 Å². The number of unbranched alkanes of at least 4 members (excludes halogenated alkanes) is 26. The number of benzene rings is 1. The van der Waals surface area contributed by atoms with Crippen LogP contribution in [0, 0.1) is 0 Å². The molecule has 0 aliphatic heterocycles. The van der Waals surface area contributed by atoms with Gasteiger partial charge in [-0.2, -0.15) is 0 Å². The molecule has 4 heterocycles. The highest BCUT2D eigenvalue weighted by Gasteiger charge is 2.22. The summed E-state index contributed by atoms with van der Waals surface area (Å²) < 4.78 is 13.9. The van der Waals surface area contributed by atoms with Gasteiger partial charge in [-0.15, -0.1) is 22.7 Å². The highest BCUT2D eigenvalue weighted by molar-refractivity contribution is 7.14. The molecular weight excluding hydrogens is 793 g/mol. The first-order valence-electron chi connectivity index (χ1n) is 26.2. The normalized spacial score (nSPS) is 12.2. The van der Waals surface area contributed by atoms with Crippen molar-refractivity contribution in [3.63, 3.8) is 0 Å². The fourth-order valence-corrected chi connectivity index (χ4v) is 11.0. The van der Waals surface area contributed by atoms with Gasteiger partial charge in [-0.25, -0.2) is 0 Å². The monoisotopic (exact) mass is 879 g/mol. The molecule has 0 N–H and O–H groups in total. The minimum atomic E-state index is 0.962. The molecule has 0 spiro atoms. The molecule has 5 rings (SSSR count). The van der Waals surface area contributed by atoms with E-state index in [9.17, 15) is 0 Å². The Morgan fingerprint density at radius 3 is 1.06 bits per heavy atom. The van der Waals surface area contributed by atoms with Crippen LogP contribution < -0.4 is 0 Å². The molecule has 0 radical (unpaired) electrons. The Morgan fingerprint density at radius 2 is 0.710 bits per heavy atom. The minimum Gasteiger partial charge on any atom is -0.455 e. The molecule has 342 valence electrons. The van der Waals surface area contributed by atoms with Crippen LogP contribution in [0.1, 0.15) is 243 Å². The standard InChI is InChI=1S/C58H86O2S2/c1-5-9-13-17-21-25-29-33-37-47-41-55(61-45-47)57-49(39-35-31-27-23-19-15-11-7-3)51-43-54-52(44-53(51)59-57)50(40-36-32-28-24-20-16-12-8-4)58(60-54)56-42-48(46-62-56)38-34-30-26-22-18-14-10-6-2/h35-36,39-46H,5-34,37-38H2,1-4H3/b39-35+,40-36+. The van der Waals surface area contributed by atoms with Gasteiger partial charge in [0, 0.05) is 21.9 Å². The third-order valence-electron chi connectivity index (χ3n) is 13.0. The summed E-state index contributed by atoms with van der Waals surface area (Å²) in [5, 5.41) is 7.08. The van der Waals surface area contributed by atoms with Crippen molar-refractivity contribution >= 4 is 56.8 Å². The minimum absolute atomic E-state index is 0.962. The molecule has 0 saturated carbocycles. The van der Waals surface area contributed by atoms with Crippen molar-refractivity contribution in [2.24, 2.45) is 0 Å². The highest BCUT2D eigenvalue weighted by atomic mass is 32.1. The summed E-state index contributed by atoms with van der Waals surface area (Å²) in [4.78, 5) is 2.49. The predicted molar refractivity (Wildman–Crippen MR) is 279 cm³/mol. The van der Waals surface area contributed by atoms with Crippen LogP contribution in [-0.2, 0) is 12.8 Å². The number of aryl methyl sites for hydroxylation is 2. The lowest BCUT2D eigenvalue weighted by molar-refractivity contribution is 0.575. The van der Waals surface area contributed by atoms with E-state index in [4.69, 9.17) is 8.83 Å². The molecule has 0 fully saturated rings. The first kappa shape index (κ1) is 50.2. The average Bonchev–Trinajstić information content (AvgIpc) is 4.10. The zero-order valence-electron chi connectivity index (χ0n) is 40.0. The second-order valence-corrected chi connectivity index (χ2v) is 20.4. The Balaban J connectivity index is 1.39. The fourth-order valence-electron chi connectivity index (χ4n) is 9.09. The molecule has 1 aromatic carbocycles. The van der Waals surface area contributed by atoms with E-state index >= 15 is 0 Å². The van der Waals surface area contributed by atoms with E-state index in [1.165, 1.54) is 212 Å². The lowest BCUT2D eigenvalue weighted by Gasteiger charge is -2.01. The largest absolute Gasteiger partial charge is 0.455 e. The smallest absolute Gasteiger partial charge is 0.152 e. The Hall–Kier alpha value is -2.82. The van der Waals surface area contributed by atoms with Crippen molar-refractivity contribution in [2.75, 3.05) is 0 Å². The van der Waals surface area contributed by atoms with Crippen molar-refractivity contribution in [1.29, 1.82) is 0 Å². The second-order valence-electron chi connectivity index (χ2n) is 18.5. The topological polar surface area (TPSA) is 26.3 Å². The summed E-state index contributed by atoms with van der Waals surface area (Å²) in [5.41, 5.74) is 7.23. The van der Waals surface area contributed by atoms with E-state index in [1.54, 1.807) is 0 Å². The Kier molecular flexibility index (Phi) is 24.6. The summed E-state index contributed by atoms with van der Waals surface area (Å²) >= 11 is 3.70. The van der Waals surface area contributed by atoms with Gasteiger partial charge in [0.2, 0.25) is 0 Å². The van der Waals surface area contributed by atoms with Crippen LogP contribution >= 0.6 is 22.7 Å². The molecule has 4 aromatic heterocycles. The van der Waals surface area contributed by atoms with Crippen LogP contribution in [0.3, 0.4) is 0 Å². The van der Waals surface area contributed by atoms with Crippen LogP contribution in [0.5, 0.6) is 0 Å². The maximum absolute atomic E-state index is 6.97. The molecule has 4 heteroatoms. The third-order valence-corrected chi connectivity index (χ3v) is 14.9. The number of rotatable bonds is 36. The summed E-state index contributed by atoms with van der Waals surface area (Å²) in [5.74, 6) is 2.03. The quantitative estimate of drug-likeness (QED) is 0.0375. The number of hydrogen-bond donors (Lipinski definition) is 0. The van der Waals surface area contributed by atoms with Crippen LogP contribution in [0.15, 0.2) is 56.0 Å². The van der Waals surface area contributed by atoms with E-state index in [2.05, 4.69) is 87.0 Å². The van der Waals surface area contributed by atoms with Gasteiger partial charge in [-0.3, -0.25) is 0 Å². The molecule has 0 bridgehead atoms. The zero-order chi connectivity index (χ0) is 43.5. The van der Waals surface area contributed by atoms with Gasteiger partial charge >= 0.3 is 0 Å². The highest BCUT2D eigenvalue weighted by Crippen LogP contribution is 2.44. The summed E-state index contributed by atoms with van der Waals surface area (Å²) in [7, 11) is 0. The number of thiophene rings is 2. The Morgan fingerprint density at radius 1 is 0.387 bits per heavy atom. The SMILES string of the molecule is CCCCCCCC/C=C/c1c(-c2cc(CCCCCCCCCC)cs2)oc2cc3c(/C=C/CCCCCCCC)c(-c4cc(CCCCCCCCCC)cs4)oc3cc12. The molecule has 0 unspecified atom stereocenters. The maximum atomic E-state index is 6.97. The first-order valence-corrected chi connectivity index (χ1v) is 27.9. The molecule has 0 aliphatic rings. The molecule has 0 saturated heterocycles. The van der Waals surface area contributed by atoms with Gasteiger partial charge in [0.25, 0.3) is 0 Å². The van der Waals surface area contributed by atoms with E-state index in [0.29, 0.717) is 0 Å². The van der Waals surface area contributed by atoms with E-state index in [0.717, 1.165) is 59.1 Å². The molecule has 62 heavy (non-hydrogen) atoms. The van der Waals surface area contributed by atoms with Crippen molar-refractivity contribution in [3.05, 3.63) is 69.4 Å². The third kappa shape index (κ3) is 17.0.